The molecule has 1 heterocycles. The first-order valence-corrected chi connectivity index (χ1v) is 6.62. The number of carbonyl (C=O) groups is 1. The third-order valence-corrected chi connectivity index (χ3v) is 4.07. The number of rotatable bonds is 2. The van der Waals surface area contributed by atoms with E-state index < -0.39 is 0 Å². The average molecular weight is 224 g/mol. The minimum absolute atomic E-state index is 0.339. The Morgan fingerprint density at radius 2 is 2.12 bits per heavy atom. The van der Waals surface area contributed by atoms with Crippen LogP contribution in [-0.4, -0.2) is 54.9 Å². The van der Waals surface area contributed by atoms with E-state index in [4.69, 9.17) is 0 Å². The van der Waals surface area contributed by atoms with Gasteiger partial charge in [0, 0.05) is 31.5 Å². The van der Waals surface area contributed by atoms with E-state index in [1.165, 1.54) is 13.0 Å². The lowest BCUT2D eigenvalue weighted by atomic mass is 10.1. The largest absolute Gasteiger partial charge is 0.305 e. The van der Waals surface area contributed by atoms with Crippen LogP contribution in [0.4, 0.5) is 0 Å². The first kappa shape index (κ1) is 12.1. The van der Waals surface area contributed by atoms with Gasteiger partial charge in [0.25, 0.3) is 0 Å². The second-order valence-corrected chi connectivity index (χ2v) is 5.52. The van der Waals surface area contributed by atoms with Gasteiger partial charge in [-0.1, -0.05) is 0 Å². The fourth-order valence-corrected chi connectivity index (χ4v) is 3.06. The number of likely N-dealkylation sites (N-methyl/N-ethyl adjacent to an activating group) is 1. The maximum absolute atomic E-state index is 11.7. The Kier molecular flexibility index (Phi) is 3.98. The van der Waals surface area contributed by atoms with E-state index in [-0.39, 0.29) is 0 Å². The van der Waals surface area contributed by atoms with E-state index >= 15 is 0 Å². The van der Waals surface area contributed by atoms with Crippen LogP contribution in [0.2, 0.25) is 0 Å². The second-order valence-electron chi connectivity index (χ2n) is 5.52. The van der Waals surface area contributed by atoms with Gasteiger partial charge in [0.15, 0.2) is 0 Å². The molecular weight excluding hydrogens is 200 g/mol. The first-order chi connectivity index (χ1) is 7.66. The molecular formula is C13H24N2O. The van der Waals surface area contributed by atoms with E-state index in [2.05, 4.69) is 23.8 Å². The van der Waals surface area contributed by atoms with Crippen molar-refractivity contribution < 1.29 is 4.79 Å². The van der Waals surface area contributed by atoms with Crippen molar-refractivity contribution >= 4 is 5.78 Å². The van der Waals surface area contributed by atoms with Crippen LogP contribution >= 0.6 is 0 Å². The number of nitrogens with zero attached hydrogens (tertiary/aromatic N) is 2. The highest BCUT2D eigenvalue weighted by atomic mass is 16.1. The molecule has 16 heavy (non-hydrogen) atoms. The molecule has 0 aromatic carbocycles. The molecule has 92 valence electrons. The number of ketones is 1. The molecule has 3 heteroatoms. The number of hydrogen-bond donors (Lipinski definition) is 0. The summed E-state index contributed by atoms with van der Waals surface area (Å²) in [5.74, 6) is 0.843. The van der Waals surface area contributed by atoms with E-state index in [1.807, 2.05) is 0 Å². The topological polar surface area (TPSA) is 23.6 Å². The third kappa shape index (κ3) is 2.83. The molecule has 1 aliphatic carbocycles. The molecule has 1 aliphatic heterocycles. The Morgan fingerprint density at radius 1 is 1.31 bits per heavy atom. The number of hydrogen-bond acceptors (Lipinski definition) is 3. The fraction of sp³-hybridized carbons (Fsp3) is 0.923. The summed E-state index contributed by atoms with van der Waals surface area (Å²) in [5.41, 5.74) is 0. The predicted octanol–water partition coefficient (Wildman–Crippen LogP) is 1.38. The summed E-state index contributed by atoms with van der Waals surface area (Å²) >= 11 is 0. The smallest absolute Gasteiger partial charge is 0.137 e. The Hall–Kier alpha value is -0.410. The van der Waals surface area contributed by atoms with Crippen molar-refractivity contribution in [1.29, 1.82) is 0 Å². The SMILES string of the molecule is CC1CN(C)CCCN1CC1CCCC1=O. The van der Waals surface area contributed by atoms with E-state index in [1.54, 1.807) is 0 Å². The lowest BCUT2D eigenvalue weighted by Gasteiger charge is -2.29. The van der Waals surface area contributed by atoms with Crippen LogP contribution in [0.3, 0.4) is 0 Å². The molecule has 3 nitrogen and oxygen atoms in total. The molecule has 0 radical (unpaired) electrons. The molecule has 0 spiro atoms. The number of carbonyl (C=O) groups excluding carboxylic acids is 1. The zero-order valence-corrected chi connectivity index (χ0v) is 10.6. The van der Waals surface area contributed by atoms with Crippen molar-refractivity contribution in [2.24, 2.45) is 5.92 Å². The van der Waals surface area contributed by atoms with Crippen LogP contribution < -0.4 is 0 Å². The monoisotopic (exact) mass is 224 g/mol. The molecule has 2 fully saturated rings. The van der Waals surface area contributed by atoms with Gasteiger partial charge in [0.1, 0.15) is 5.78 Å². The minimum atomic E-state index is 0.339. The summed E-state index contributed by atoms with van der Waals surface area (Å²) in [6.45, 7) is 6.80. The summed E-state index contributed by atoms with van der Waals surface area (Å²) in [4.78, 5) is 16.6. The first-order valence-electron chi connectivity index (χ1n) is 6.62. The molecule has 2 aliphatic rings. The average Bonchev–Trinajstić information content (AvgIpc) is 2.55. The third-order valence-electron chi connectivity index (χ3n) is 4.07. The molecule has 2 atom stereocenters. The molecule has 2 unspecified atom stereocenters. The van der Waals surface area contributed by atoms with E-state index in [0.717, 1.165) is 38.9 Å². The van der Waals surface area contributed by atoms with Crippen LogP contribution in [0.25, 0.3) is 0 Å². The van der Waals surface area contributed by atoms with Crippen molar-refractivity contribution in [1.82, 2.24) is 9.80 Å². The molecule has 0 bridgehead atoms. The summed E-state index contributed by atoms with van der Waals surface area (Å²) < 4.78 is 0. The normalized spacial score (nSPS) is 34.2. The van der Waals surface area contributed by atoms with E-state index in [0.29, 0.717) is 17.7 Å². The van der Waals surface area contributed by atoms with Gasteiger partial charge in [-0.15, -0.1) is 0 Å². The van der Waals surface area contributed by atoms with Gasteiger partial charge in [0.05, 0.1) is 0 Å². The quantitative estimate of drug-likeness (QED) is 0.708. The van der Waals surface area contributed by atoms with Gasteiger partial charge >= 0.3 is 0 Å². The lowest BCUT2D eigenvalue weighted by Crippen LogP contribution is -2.41. The Labute approximate surface area is 98.8 Å². The van der Waals surface area contributed by atoms with Crippen molar-refractivity contribution in [3.05, 3.63) is 0 Å². The van der Waals surface area contributed by atoms with Crippen LogP contribution in [0.1, 0.15) is 32.6 Å². The minimum Gasteiger partial charge on any atom is -0.305 e. The molecule has 0 N–H and O–H groups in total. The highest BCUT2D eigenvalue weighted by molar-refractivity contribution is 5.83. The summed E-state index contributed by atoms with van der Waals surface area (Å²) in [6, 6.07) is 0.598. The zero-order chi connectivity index (χ0) is 11.5. The highest BCUT2D eigenvalue weighted by Gasteiger charge is 2.29. The molecule has 0 amide bonds. The standard InChI is InChI=1S/C13H24N2O/c1-11-9-14(2)7-4-8-15(11)10-12-5-3-6-13(12)16/h11-12H,3-10H2,1-2H3. The highest BCUT2D eigenvalue weighted by Crippen LogP contribution is 2.23. The Bertz CT molecular complexity index is 254. The van der Waals surface area contributed by atoms with E-state index in [9.17, 15) is 4.79 Å². The fourth-order valence-electron chi connectivity index (χ4n) is 3.06. The van der Waals surface area contributed by atoms with Crippen LogP contribution in [-0.2, 0) is 4.79 Å². The maximum atomic E-state index is 11.7. The molecule has 0 aromatic heterocycles. The Morgan fingerprint density at radius 3 is 2.81 bits per heavy atom. The van der Waals surface area contributed by atoms with Gasteiger partial charge < -0.3 is 4.90 Å². The van der Waals surface area contributed by atoms with Gasteiger partial charge in [-0.2, -0.15) is 0 Å². The summed E-state index contributed by atoms with van der Waals surface area (Å²) in [5, 5.41) is 0. The number of Topliss-reactive ketones (excluding diaryl/α,β-unsaturated/α-hetero) is 1. The maximum Gasteiger partial charge on any atom is 0.137 e. The van der Waals surface area contributed by atoms with Gasteiger partial charge in [-0.05, 0) is 46.3 Å². The molecule has 1 saturated carbocycles. The zero-order valence-electron chi connectivity index (χ0n) is 10.6. The van der Waals surface area contributed by atoms with Crippen molar-refractivity contribution in [3.63, 3.8) is 0 Å². The Balaban J connectivity index is 1.90. The predicted molar refractivity (Wildman–Crippen MR) is 65.5 cm³/mol. The molecule has 0 aromatic rings. The van der Waals surface area contributed by atoms with Crippen LogP contribution in [0.15, 0.2) is 0 Å². The van der Waals surface area contributed by atoms with Gasteiger partial charge in [-0.25, -0.2) is 0 Å². The van der Waals surface area contributed by atoms with Crippen molar-refractivity contribution in [3.8, 4) is 0 Å². The van der Waals surface area contributed by atoms with Gasteiger partial charge in [0.2, 0.25) is 0 Å². The van der Waals surface area contributed by atoms with Gasteiger partial charge in [-0.3, -0.25) is 9.69 Å². The van der Waals surface area contributed by atoms with Crippen molar-refractivity contribution in [2.75, 3.05) is 33.2 Å². The molecule has 1 saturated heterocycles. The second kappa shape index (κ2) is 5.28. The summed E-state index contributed by atoms with van der Waals surface area (Å²) in [6.07, 6.45) is 4.30. The van der Waals surface area contributed by atoms with Crippen LogP contribution in [0, 0.1) is 5.92 Å². The van der Waals surface area contributed by atoms with Crippen LogP contribution in [0.5, 0.6) is 0 Å². The molecule has 2 rings (SSSR count). The summed E-state index contributed by atoms with van der Waals surface area (Å²) in [7, 11) is 2.20. The van der Waals surface area contributed by atoms with Crippen molar-refractivity contribution in [2.45, 2.75) is 38.6 Å². The lowest BCUT2D eigenvalue weighted by molar-refractivity contribution is -0.121.